The Labute approximate surface area is 303 Å². The summed E-state index contributed by atoms with van der Waals surface area (Å²) in [6, 6.07) is 0. The van der Waals surface area contributed by atoms with E-state index >= 15 is 0 Å². The molecule has 0 fully saturated rings. The third-order valence-electron chi connectivity index (χ3n) is 8.93. The summed E-state index contributed by atoms with van der Waals surface area (Å²) in [6.45, 7) is 6.51. The average molecular weight is 691 g/mol. The van der Waals surface area contributed by atoms with Crippen molar-refractivity contribution in [2.75, 3.05) is 13.2 Å². The van der Waals surface area contributed by atoms with E-state index in [1.54, 1.807) is 0 Å². The zero-order valence-corrected chi connectivity index (χ0v) is 32.5. The van der Waals surface area contributed by atoms with E-state index in [4.69, 9.17) is 14.2 Å². The van der Waals surface area contributed by atoms with Crippen LogP contribution in [0.3, 0.4) is 0 Å². The Hall–Kier alpha value is -2.11. The van der Waals surface area contributed by atoms with E-state index < -0.39 is 6.10 Å². The minimum Gasteiger partial charge on any atom is -0.462 e. The van der Waals surface area contributed by atoms with Crippen molar-refractivity contribution in [2.24, 2.45) is 0 Å². The fourth-order valence-electron chi connectivity index (χ4n) is 5.70. The van der Waals surface area contributed by atoms with E-state index in [-0.39, 0.29) is 31.1 Å². The molecule has 286 valence electrons. The lowest BCUT2D eigenvalue weighted by molar-refractivity contribution is -0.167. The second kappa shape index (κ2) is 38.7. The topological polar surface area (TPSA) is 78.9 Å². The molecular weight excluding hydrogens is 612 g/mol. The van der Waals surface area contributed by atoms with Gasteiger partial charge in [0.15, 0.2) is 6.10 Å². The molecule has 0 aliphatic rings. The molecule has 0 aliphatic heterocycles. The van der Waals surface area contributed by atoms with Crippen LogP contribution in [-0.2, 0) is 28.6 Å². The summed E-state index contributed by atoms with van der Waals surface area (Å²) in [5, 5.41) is 0. The minimum atomic E-state index is -0.770. The van der Waals surface area contributed by atoms with E-state index in [0.29, 0.717) is 19.3 Å². The first-order valence-corrected chi connectivity index (χ1v) is 20.8. The Morgan fingerprint density at radius 3 is 1.08 bits per heavy atom. The Bertz CT molecular complexity index is 804. The van der Waals surface area contributed by atoms with Crippen molar-refractivity contribution in [1.82, 2.24) is 0 Å². The Balaban J connectivity index is 4.38. The third-order valence-corrected chi connectivity index (χ3v) is 8.93. The van der Waals surface area contributed by atoms with Crippen LogP contribution < -0.4 is 0 Å². The maximum atomic E-state index is 12.6. The quantitative estimate of drug-likeness (QED) is 0.0279. The summed E-state index contributed by atoms with van der Waals surface area (Å²) in [5.74, 6) is -0.900. The molecule has 0 aromatic rings. The first kappa shape index (κ1) is 46.9. The maximum absolute atomic E-state index is 12.6. The average Bonchev–Trinajstić information content (AvgIpc) is 3.10. The van der Waals surface area contributed by atoms with E-state index in [1.807, 2.05) is 0 Å². The lowest BCUT2D eigenvalue weighted by Gasteiger charge is -2.18. The number of hydrogen-bond acceptors (Lipinski definition) is 6. The number of hydrogen-bond donors (Lipinski definition) is 0. The van der Waals surface area contributed by atoms with Crippen LogP contribution in [0.4, 0.5) is 0 Å². The van der Waals surface area contributed by atoms with E-state index in [1.165, 1.54) is 96.3 Å². The molecule has 0 aliphatic carbocycles. The molecule has 6 heteroatoms. The SMILES string of the molecule is CCCC/C=C\CCCCCCCC(=O)OCC(COC(=O)CCCCCCCCCCC)OC(=O)CCCCCCC/C=C\CCCC. The summed E-state index contributed by atoms with van der Waals surface area (Å²) in [5.41, 5.74) is 0. The van der Waals surface area contributed by atoms with Crippen LogP contribution in [0.25, 0.3) is 0 Å². The summed E-state index contributed by atoms with van der Waals surface area (Å²) in [4.78, 5) is 37.5. The Morgan fingerprint density at radius 1 is 0.388 bits per heavy atom. The maximum Gasteiger partial charge on any atom is 0.306 e. The van der Waals surface area contributed by atoms with Crippen molar-refractivity contribution in [1.29, 1.82) is 0 Å². The van der Waals surface area contributed by atoms with Crippen LogP contribution >= 0.6 is 0 Å². The highest BCUT2D eigenvalue weighted by Crippen LogP contribution is 2.13. The van der Waals surface area contributed by atoms with Gasteiger partial charge in [0.2, 0.25) is 0 Å². The molecule has 0 saturated carbocycles. The van der Waals surface area contributed by atoms with Gasteiger partial charge in [0.1, 0.15) is 13.2 Å². The Morgan fingerprint density at radius 2 is 0.694 bits per heavy atom. The van der Waals surface area contributed by atoms with Crippen molar-refractivity contribution in [2.45, 2.75) is 219 Å². The summed E-state index contributed by atoms with van der Waals surface area (Å²) in [6.07, 6.45) is 40.2. The molecule has 0 aromatic heterocycles. The van der Waals surface area contributed by atoms with Crippen LogP contribution in [0.5, 0.6) is 0 Å². The normalized spacial score (nSPS) is 12.1. The molecule has 49 heavy (non-hydrogen) atoms. The fourth-order valence-corrected chi connectivity index (χ4v) is 5.70. The largest absolute Gasteiger partial charge is 0.462 e. The minimum absolute atomic E-state index is 0.0754. The molecule has 1 unspecified atom stereocenters. The molecule has 0 spiro atoms. The molecule has 0 amide bonds. The molecular formula is C43H78O6. The zero-order valence-electron chi connectivity index (χ0n) is 32.5. The highest BCUT2D eigenvalue weighted by Gasteiger charge is 2.19. The molecule has 0 saturated heterocycles. The number of ether oxygens (including phenoxy) is 3. The highest BCUT2D eigenvalue weighted by atomic mass is 16.6. The predicted octanol–water partition coefficient (Wildman–Crippen LogP) is 12.9. The molecule has 1 atom stereocenters. The first-order chi connectivity index (χ1) is 24.0. The van der Waals surface area contributed by atoms with Gasteiger partial charge in [-0.3, -0.25) is 14.4 Å². The number of rotatable bonds is 37. The van der Waals surface area contributed by atoms with Crippen LogP contribution in [0.1, 0.15) is 213 Å². The zero-order chi connectivity index (χ0) is 35.9. The van der Waals surface area contributed by atoms with Crippen molar-refractivity contribution in [3.63, 3.8) is 0 Å². The van der Waals surface area contributed by atoms with Gasteiger partial charge >= 0.3 is 17.9 Å². The van der Waals surface area contributed by atoms with Crippen molar-refractivity contribution in [3.8, 4) is 0 Å². The standard InChI is InChI=1S/C43H78O6/c1-4-7-10-13-16-19-21-24-27-30-33-36-42(45)48-39-40(38-47-41(44)35-32-29-26-23-18-15-12-9-6-3)49-43(46)37-34-31-28-25-22-20-17-14-11-8-5-2/h13-14,16-17,40H,4-12,15,18-39H2,1-3H3/b16-13-,17-14-. The Kier molecular flexibility index (Phi) is 37.0. The van der Waals surface area contributed by atoms with Crippen molar-refractivity contribution < 1.29 is 28.6 Å². The van der Waals surface area contributed by atoms with Gasteiger partial charge in [-0.1, -0.05) is 161 Å². The van der Waals surface area contributed by atoms with Gasteiger partial charge in [-0.2, -0.15) is 0 Å². The van der Waals surface area contributed by atoms with E-state index in [2.05, 4.69) is 45.1 Å². The molecule has 0 aromatic carbocycles. The summed E-state index contributed by atoms with van der Waals surface area (Å²) in [7, 11) is 0. The van der Waals surface area contributed by atoms with Gasteiger partial charge in [-0.15, -0.1) is 0 Å². The lowest BCUT2D eigenvalue weighted by atomic mass is 10.1. The van der Waals surface area contributed by atoms with Gasteiger partial charge in [-0.25, -0.2) is 0 Å². The number of esters is 3. The number of carbonyl (C=O) groups is 3. The highest BCUT2D eigenvalue weighted by molar-refractivity contribution is 5.71. The van der Waals surface area contributed by atoms with Gasteiger partial charge in [-0.05, 0) is 57.8 Å². The van der Waals surface area contributed by atoms with Gasteiger partial charge < -0.3 is 14.2 Å². The van der Waals surface area contributed by atoms with Gasteiger partial charge in [0.25, 0.3) is 0 Å². The predicted molar refractivity (Wildman–Crippen MR) is 206 cm³/mol. The monoisotopic (exact) mass is 691 g/mol. The molecule has 0 rings (SSSR count). The molecule has 0 bridgehead atoms. The van der Waals surface area contributed by atoms with Crippen molar-refractivity contribution >= 4 is 17.9 Å². The van der Waals surface area contributed by atoms with E-state index in [9.17, 15) is 14.4 Å². The molecule has 0 radical (unpaired) electrons. The number of carbonyl (C=O) groups excluding carboxylic acids is 3. The smallest absolute Gasteiger partial charge is 0.306 e. The third kappa shape index (κ3) is 37.0. The van der Waals surface area contributed by atoms with Crippen LogP contribution in [0.15, 0.2) is 24.3 Å². The first-order valence-electron chi connectivity index (χ1n) is 20.8. The van der Waals surface area contributed by atoms with E-state index in [0.717, 1.165) is 77.0 Å². The number of unbranched alkanes of at least 4 members (excludes halogenated alkanes) is 22. The van der Waals surface area contributed by atoms with Crippen molar-refractivity contribution in [3.05, 3.63) is 24.3 Å². The second-order valence-corrected chi connectivity index (χ2v) is 13.9. The summed E-state index contributed by atoms with van der Waals surface area (Å²) < 4.78 is 16.6. The van der Waals surface area contributed by atoms with Crippen LogP contribution in [-0.4, -0.2) is 37.2 Å². The van der Waals surface area contributed by atoms with Gasteiger partial charge in [0.05, 0.1) is 0 Å². The van der Waals surface area contributed by atoms with Crippen LogP contribution in [0, 0.1) is 0 Å². The fraction of sp³-hybridized carbons (Fsp3) is 0.837. The lowest BCUT2D eigenvalue weighted by Crippen LogP contribution is -2.30. The van der Waals surface area contributed by atoms with Crippen LogP contribution in [0.2, 0.25) is 0 Å². The molecule has 0 heterocycles. The summed E-state index contributed by atoms with van der Waals surface area (Å²) >= 11 is 0. The molecule has 0 N–H and O–H groups in total. The number of allylic oxidation sites excluding steroid dienone is 4. The molecule has 6 nitrogen and oxygen atoms in total. The second-order valence-electron chi connectivity index (χ2n) is 13.9. The van der Waals surface area contributed by atoms with Gasteiger partial charge in [0, 0.05) is 19.3 Å².